The first-order valence-electron chi connectivity index (χ1n) is 6.14. The van der Waals surface area contributed by atoms with Crippen molar-refractivity contribution < 1.29 is 14.3 Å². The molecule has 0 saturated carbocycles. The number of amides is 1. The zero-order valence-corrected chi connectivity index (χ0v) is 14.0. The van der Waals surface area contributed by atoms with Crippen LogP contribution in [-0.4, -0.2) is 20.1 Å². The average Bonchev–Trinajstić information content (AvgIpc) is 2.51. The molecule has 0 saturated heterocycles. The molecule has 1 amide bonds. The summed E-state index contributed by atoms with van der Waals surface area (Å²) in [6.07, 6.45) is 0. The van der Waals surface area contributed by atoms with E-state index in [1.54, 1.807) is 18.2 Å². The first kappa shape index (κ1) is 16.7. The van der Waals surface area contributed by atoms with Crippen molar-refractivity contribution >= 4 is 46.4 Å². The van der Waals surface area contributed by atoms with Gasteiger partial charge in [0.25, 0.3) is 5.91 Å². The van der Waals surface area contributed by atoms with E-state index in [1.165, 1.54) is 26.4 Å². The van der Waals surface area contributed by atoms with Gasteiger partial charge in [-0.15, -0.1) is 0 Å². The van der Waals surface area contributed by atoms with E-state index in [-0.39, 0.29) is 15.6 Å². The minimum atomic E-state index is -0.436. The Hall–Kier alpha value is -1.62. The molecule has 0 radical (unpaired) electrons. The summed E-state index contributed by atoms with van der Waals surface area (Å²) < 4.78 is 10.4. The number of carbonyl (C=O) groups is 1. The first-order chi connectivity index (χ1) is 10.5. The molecule has 0 aliphatic heterocycles. The maximum absolute atomic E-state index is 12.5. The number of halogens is 3. The van der Waals surface area contributed by atoms with Gasteiger partial charge in [-0.05, 0) is 24.3 Å². The maximum atomic E-state index is 12.5. The van der Waals surface area contributed by atoms with Crippen LogP contribution in [-0.2, 0) is 0 Å². The number of rotatable bonds is 4. The van der Waals surface area contributed by atoms with Gasteiger partial charge in [-0.2, -0.15) is 0 Å². The van der Waals surface area contributed by atoms with Gasteiger partial charge in [0, 0.05) is 0 Å². The van der Waals surface area contributed by atoms with Gasteiger partial charge in [0.1, 0.15) is 17.1 Å². The molecule has 0 unspecified atom stereocenters. The summed E-state index contributed by atoms with van der Waals surface area (Å²) in [4.78, 5) is 12.5. The van der Waals surface area contributed by atoms with E-state index in [0.717, 1.165) is 0 Å². The summed E-state index contributed by atoms with van der Waals surface area (Å²) in [5.74, 6) is 0.329. The normalized spacial score (nSPS) is 10.2. The number of methoxy groups -OCH3 is 2. The van der Waals surface area contributed by atoms with Crippen LogP contribution in [0.25, 0.3) is 0 Å². The lowest BCUT2D eigenvalue weighted by molar-refractivity contribution is 0.102. The Labute approximate surface area is 142 Å². The third kappa shape index (κ3) is 3.40. The Morgan fingerprint density at radius 3 is 2.05 bits per heavy atom. The van der Waals surface area contributed by atoms with Crippen LogP contribution in [0, 0.1) is 0 Å². The molecule has 2 aromatic rings. The average molecular weight is 361 g/mol. The quantitative estimate of drug-likeness (QED) is 0.788. The van der Waals surface area contributed by atoms with Crippen molar-refractivity contribution in [1.82, 2.24) is 0 Å². The van der Waals surface area contributed by atoms with E-state index >= 15 is 0 Å². The predicted molar refractivity (Wildman–Crippen MR) is 89.0 cm³/mol. The van der Waals surface area contributed by atoms with E-state index in [9.17, 15) is 4.79 Å². The highest BCUT2D eigenvalue weighted by atomic mass is 35.5. The minimum absolute atomic E-state index is 0.259. The lowest BCUT2D eigenvalue weighted by atomic mass is 10.1. The molecule has 0 aliphatic rings. The van der Waals surface area contributed by atoms with Gasteiger partial charge in [0.15, 0.2) is 0 Å². The molecule has 2 rings (SSSR count). The molecule has 0 bridgehead atoms. The number of nitrogens with one attached hydrogen (secondary N) is 1. The lowest BCUT2D eigenvalue weighted by Crippen LogP contribution is -2.15. The first-order valence-corrected chi connectivity index (χ1v) is 7.28. The van der Waals surface area contributed by atoms with E-state index in [2.05, 4.69) is 5.32 Å². The fraction of sp³-hybridized carbons (Fsp3) is 0.133. The zero-order valence-electron chi connectivity index (χ0n) is 11.7. The van der Waals surface area contributed by atoms with Crippen LogP contribution in [0.3, 0.4) is 0 Å². The SMILES string of the molecule is COc1cccc(OC)c1C(=O)Nc1cc(Cl)c(Cl)cc1Cl. The van der Waals surface area contributed by atoms with Crippen LogP contribution in [0.4, 0.5) is 5.69 Å². The molecule has 116 valence electrons. The highest BCUT2D eigenvalue weighted by molar-refractivity contribution is 6.44. The highest BCUT2D eigenvalue weighted by Gasteiger charge is 2.19. The van der Waals surface area contributed by atoms with Crippen LogP contribution < -0.4 is 14.8 Å². The van der Waals surface area contributed by atoms with Crippen LogP contribution in [0.5, 0.6) is 11.5 Å². The van der Waals surface area contributed by atoms with E-state index in [0.29, 0.717) is 22.2 Å². The molecular weight excluding hydrogens is 349 g/mol. The molecule has 7 heteroatoms. The summed E-state index contributed by atoms with van der Waals surface area (Å²) in [6, 6.07) is 7.98. The topological polar surface area (TPSA) is 47.6 Å². The third-order valence-corrected chi connectivity index (χ3v) is 3.95. The molecule has 1 N–H and O–H groups in total. The van der Waals surface area contributed by atoms with Crippen molar-refractivity contribution in [3.63, 3.8) is 0 Å². The monoisotopic (exact) mass is 359 g/mol. The molecule has 0 spiro atoms. The highest BCUT2D eigenvalue weighted by Crippen LogP contribution is 2.34. The maximum Gasteiger partial charge on any atom is 0.263 e. The van der Waals surface area contributed by atoms with Crippen molar-refractivity contribution in [2.45, 2.75) is 0 Å². The molecule has 0 heterocycles. The largest absolute Gasteiger partial charge is 0.496 e. The zero-order chi connectivity index (χ0) is 16.3. The van der Waals surface area contributed by atoms with Gasteiger partial charge in [0.05, 0.1) is 35.0 Å². The summed E-state index contributed by atoms with van der Waals surface area (Å²) in [7, 11) is 2.94. The van der Waals surface area contributed by atoms with Crippen molar-refractivity contribution in [3.8, 4) is 11.5 Å². The van der Waals surface area contributed by atoms with Crippen molar-refractivity contribution in [2.24, 2.45) is 0 Å². The van der Waals surface area contributed by atoms with Crippen molar-refractivity contribution in [1.29, 1.82) is 0 Å². The Morgan fingerprint density at radius 1 is 0.955 bits per heavy atom. The van der Waals surface area contributed by atoms with Crippen LogP contribution in [0.1, 0.15) is 10.4 Å². The molecule has 0 aromatic heterocycles. The second kappa shape index (κ2) is 7.09. The van der Waals surface area contributed by atoms with E-state index in [4.69, 9.17) is 44.3 Å². The summed E-state index contributed by atoms with van der Waals surface area (Å²) >= 11 is 17.9. The second-order valence-corrected chi connectivity index (χ2v) is 5.46. The van der Waals surface area contributed by atoms with Crippen molar-refractivity contribution in [3.05, 3.63) is 51.0 Å². The second-order valence-electron chi connectivity index (χ2n) is 4.24. The lowest BCUT2D eigenvalue weighted by Gasteiger charge is -2.14. The Kier molecular flexibility index (Phi) is 5.40. The molecule has 0 aliphatic carbocycles. The number of hydrogen-bond acceptors (Lipinski definition) is 3. The summed E-state index contributed by atoms with van der Waals surface area (Å²) in [6.45, 7) is 0. The van der Waals surface area contributed by atoms with Gasteiger partial charge >= 0.3 is 0 Å². The molecular formula is C15H12Cl3NO3. The number of anilines is 1. The fourth-order valence-electron chi connectivity index (χ4n) is 1.88. The van der Waals surface area contributed by atoms with E-state index < -0.39 is 5.91 Å². The van der Waals surface area contributed by atoms with Crippen LogP contribution in [0.2, 0.25) is 15.1 Å². The minimum Gasteiger partial charge on any atom is -0.496 e. The van der Waals surface area contributed by atoms with Gasteiger partial charge < -0.3 is 14.8 Å². The number of ether oxygens (including phenoxy) is 2. The summed E-state index contributed by atoms with van der Waals surface area (Å²) in [5, 5.41) is 3.54. The van der Waals surface area contributed by atoms with Gasteiger partial charge in [0.2, 0.25) is 0 Å². The van der Waals surface area contributed by atoms with Crippen LogP contribution in [0.15, 0.2) is 30.3 Å². The predicted octanol–water partition coefficient (Wildman–Crippen LogP) is 4.92. The molecule has 22 heavy (non-hydrogen) atoms. The smallest absolute Gasteiger partial charge is 0.263 e. The van der Waals surface area contributed by atoms with Gasteiger partial charge in [-0.3, -0.25) is 4.79 Å². The summed E-state index contributed by atoms with van der Waals surface area (Å²) in [5.41, 5.74) is 0.601. The number of benzene rings is 2. The Morgan fingerprint density at radius 2 is 1.50 bits per heavy atom. The Balaban J connectivity index is 2.40. The molecule has 2 aromatic carbocycles. The number of hydrogen-bond donors (Lipinski definition) is 1. The number of carbonyl (C=O) groups excluding carboxylic acids is 1. The molecule has 0 atom stereocenters. The van der Waals surface area contributed by atoms with Gasteiger partial charge in [-0.1, -0.05) is 40.9 Å². The third-order valence-electron chi connectivity index (χ3n) is 2.91. The standard InChI is InChI=1S/C15H12Cl3NO3/c1-21-12-4-3-5-13(22-2)14(12)15(20)19-11-7-9(17)8(16)6-10(11)18/h3-7H,1-2H3,(H,19,20). The molecule has 4 nitrogen and oxygen atoms in total. The molecule has 0 fully saturated rings. The fourth-order valence-corrected chi connectivity index (χ4v) is 2.47. The van der Waals surface area contributed by atoms with Gasteiger partial charge in [-0.25, -0.2) is 0 Å². The van der Waals surface area contributed by atoms with E-state index in [1.807, 2.05) is 0 Å². The van der Waals surface area contributed by atoms with Crippen molar-refractivity contribution in [2.75, 3.05) is 19.5 Å². The van der Waals surface area contributed by atoms with Crippen LogP contribution >= 0.6 is 34.8 Å². The Bertz CT molecular complexity index is 697.